The van der Waals surface area contributed by atoms with Crippen LogP contribution in [0, 0.1) is 6.07 Å². The van der Waals surface area contributed by atoms with Gasteiger partial charge in [0.05, 0.1) is 0 Å². The molecule has 2 N–H and O–H groups in total. The normalized spacial score (nSPS) is 11.0. The van der Waals surface area contributed by atoms with Gasteiger partial charge in [0.1, 0.15) is 0 Å². The molecular formula is C14H9O2. The van der Waals surface area contributed by atoms with Crippen molar-refractivity contribution in [1.29, 1.82) is 0 Å². The number of hydrogen-bond donors (Lipinski definition) is 2. The summed E-state index contributed by atoms with van der Waals surface area (Å²) in [4.78, 5) is 0. The van der Waals surface area contributed by atoms with E-state index in [0.29, 0.717) is 5.39 Å². The maximum absolute atomic E-state index is 9.74. The van der Waals surface area contributed by atoms with Crippen LogP contribution in [0.3, 0.4) is 0 Å². The molecule has 1 radical (unpaired) electrons. The molecule has 3 aromatic rings. The van der Waals surface area contributed by atoms with Gasteiger partial charge >= 0.3 is 0 Å². The van der Waals surface area contributed by atoms with Crippen LogP contribution < -0.4 is 0 Å². The molecule has 3 aromatic carbocycles. The molecule has 0 atom stereocenters. The zero-order valence-electron chi connectivity index (χ0n) is 8.44. The molecule has 0 aliphatic rings. The third-order valence-electron chi connectivity index (χ3n) is 2.80. The van der Waals surface area contributed by atoms with Crippen molar-refractivity contribution in [2.24, 2.45) is 0 Å². The fourth-order valence-electron chi connectivity index (χ4n) is 1.99. The topological polar surface area (TPSA) is 40.5 Å². The molecule has 0 amide bonds. The van der Waals surface area contributed by atoms with Gasteiger partial charge in [-0.1, -0.05) is 30.3 Å². The highest BCUT2D eigenvalue weighted by atomic mass is 16.3. The predicted octanol–water partition coefficient (Wildman–Crippen LogP) is 3.20. The molecular weight excluding hydrogens is 200 g/mol. The molecule has 0 aliphatic heterocycles. The summed E-state index contributed by atoms with van der Waals surface area (Å²) in [5, 5.41) is 22.8. The maximum atomic E-state index is 9.74. The lowest BCUT2D eigenvalue weighted by Crippen LogP contribution is -1.79. The standard InChI is InChI=1S/C14H9O2/c15-13-8-7-11-10-4-2-1-3-9(10)5-6-12(11)14(13)16/h1-7,15-16H. The Balaban J connectivity index is 2.58. The second kappa shape index (κ2) is 3.14. The van der Waals surface area contributed by atoms with Crippen LogP contribution in [0.4, 0.5) is 0 Å². The van der Waals surface area contributed by atoms with E-state index in [2.05, 4.69) is 6.07 Å². The summed E-state index contributed by atoms with van der Waals surface area (Å²) in [7, 11) is 0. The Morgan fingerprint density at radius 3 is 2.50 bits per heavy atom. The Kier molecular flexibility index (Phi) is 1.77. The van der Waals surface area contributed by atoms with Crippen LogP contribution in [0.5, 0.6) is 11.5 Å². The molecule has 0 aromatic heterocycles. The van der Waals surface area contributed by atoms with E-state index in [1.54, 1.807) is 12.1 Å². The van der Waals surface area contributed by atoms with Gasteiger partial charge in [-0.3, -0.25) is 0 Å². The van der Waals surface area contributed by atoms with Gasteiger partial charge in [0, 0.05) is 11.5 Å². The van der Waals surface area contributed by atoms with Crippen molar-refractivity contribution in [3.63, 3.8) is 0 Å². The van der Waals surface area contributed by atoms with Gasteiger partial charge in [0.2, 0.25) is 0 Å². The summed E-state index contributed by atoms with van der Waals surface area (Å²) < 4.78 is 0. The first-order valence-electron chi connectivity index (χ1n) is 5.01. The molecule has 0 unspecified atom stereocenters. The number of fused-ring (bicyclic) bond motifs is 3. The van der Waals surface area contributed by atoms with E-state index in [1.165, 1.54) is 0 Å². The van der Waals surface area contributed by atoms with Crippen LogP contribution in [0.1, 0.15) is 0 Å². The average Bonchev–Trinajstić information content (AvgIpc) is 2.33. The number of aromatic hydroxyl groups is 2. The van der Waals surface area contributed by atoms with Crippen LogP contribution in [0.25, 0.3) is 21.5 Å². The Morgan fingerprint density at radius 1 is 0.812 bits per heavy atom. The van der Waals surface area contributed by atoms with Crippen molar-refractivity contribution < 1.29 is 10.2 Å². The summed E-state index contributed by atoms with van der Waals surface area (Å²) in [6.07, 6.45) is 0. The lowest BCUT2D eigenvalue weighted by molar-refractivity contribution is 0.407. The second-order valence-corrected chi connectivity index (χ2v) is 3.73. The fourth-order valence-corrected chi connectivity index (χ4v) is 1.99. The fraction of sp³-hybridized carbons (Fsp3) is 0. The van der Waals surface area contributed by atoms with E-state index in [1.807, 2.05) is 30.3 Å². The number of benzene rings is 3. The largest absolute Gasteiger partial charge is 0.504 e. The van der Waals surface area contributed by atoms with Gasteiger partial charge in [-0.25, -0.2) is 0 Å². The first-order valence-corrected chi connectivity index (χ1v) is 5.01. The number of rotatable bonds is 0. The van der Waals surface area contributed by atoms with Gasteiger partial charge in [-0.15, -0.1) is 0 Å². The highest BCUT2D eigenvalue weighted by Gasteiger charge is 2.07. The molecule has 0 saturated carbocycles. The third-order valence-corrected chi connectivity index (χ3v) is 2.80. The zero-order valence-corrected chi connectivity index (χ0v) is 8.44. The molecule has 77 valence electrons. The monoisotopic (exact) mass is 209 g/mol. The molecule has 0 bridgehead atoms. The van der Waals surface area contributed by atoms with Crippen LogP contribution in [0.15, 0.2) is 42.5 Å². The Labute approximate surface area is 92.4 Å². The smallest absolute Gasteiger partial charge is 0.166 e. The van der Waals surface area contributed by atoms with Gasteiger partial charge in [0.25, 0.3) is 0 Å². The predicted molar refractivity (Wildman–Crippen MR) is 63.6 cm³/mol. The van der Waals surface area contributed by atoms with E-state index < -0.39 is 0 Å². The third kappa shape index (κ3) is 1.13. The lowest BCUT2D eigenvalue weighted by Gasteiger charge is -2.06. The summed E-state index contributed by atoms with van der Waals surface area (Å²) in [5.74, 6) is -0.314. The van der Waals surface area contributed by atoms with E-state index >= 15 is 0 Å². The summed E-state index contributed by atoms with van der Waals surface area (Å²) >= 11 is 0. The number of phenolic OH excluding ortho intramolecular Hbond substituents is 2. The number of hydrogen-bond acceptors (Lipinski definition) is 2. The van der Waals surface area contributed by atoms with Crippen LogP contribution in [-0.2, 0) is 0 Å². The minimum absolute atomic E-state index is 0.108. The first kappa shape index (κ1) is 9.04. The van der Waals surface area contributed by atoms with E-state index in [9.17, 15) is 10.2 Å². The summed E-state index contributed by atoms with van der Waals surface area (Å²) in [5.41, 5.74) is 0. The second-order valence-electron chi connectivity index (χ2n) is 3.73. The Morgan fingerprint density at radius 2 is 1.62 bits per heavy atom. The van der Waals surface area contributed by atoms with E-state index in [4.69, 9.17) is 0 Å². The van der Waals surface area contributed by atoms with E-state index in [0.717, 1.165) is 16.2 Å². The molecule has 3 rings (SSSR count). The molecule has 0 fully saturated rings. The van der Waals surface area contributed by atoms with Crippen molar-refractivity contribution in [3.8, 4) is 11.5 Å². The Bertz CT molecular complexity index is 687. The van der Waals surface area contributed by atoms with Gasteiger partial charge in [0.15, 0.2) is 11.5 Å². The average molecular weight is 209 g/mol. The van der Waals surface area contributed by atoms with Crippen LogP contribution in [0.2, 0.25) is 0 Å². The zero-order chi connectivity index (χ0) is 11.1. The molecule has 2 nitrogen and oxygen atoms in total. The summed E-state index contributed by atoms with van der Waals surface area (Å²) in [6, 6.07) is 16.0. The highest BCUT2D eigenvalue weighted by Crippen LogP contribution is 2.36. The molecule has 0 aliphatic carbocycles. The van der Waals surface area contributed by atoms with Crippen molar-refractivity contribution in [1.82, 2.24) is 0 Å². The van der Waals surface area contributed by atoms with Crippen molar-refractivity contribution in [3.05, 3.63) is 48.5 Å². The molecule has 0 saturated heterocycles. The highest BCUT2D eigenvalue weighted by molar-refractivity contribution is 6.09. The van der Waals surface area contributed by atoms with Crippen LogP contribution in [-0.4, -0.2) is 10.2 Å². The van der Waals surface area contributed by atoms with Crippen molar-refractivity contribution in [2.45, 2.75) is 0 Å². The first-order chi connectivity index (χ1) is 7.77. The lowest BCUT2D eigenvalue weighted by atomic mass is 10.0. The van der Waals surface area contributed by atoms with E-state index in [-0.39, 0.29) is 11.5 Å². The number of phenols is 2. The maximum Gasteiger partial charge on any atom is 0.166 e. The van der Waals surface area contributed by atoms with Gasteiger partial charge in [-0.2, -0.15) is 0 Å². The van der Waals surface area contributed by atoms with Gasteiger partial charge < -0.3 is 10.2 Å². The SMILES string of the molecule is Oc1[c]cc2c(ccc3ccccc32)c1O. The van der Waals surface area contributed by atoms with Crippen molar-refractivity contribution in [2.75, 3.05) is 0 Å². The summed E-state index contributed by atoms with van der Waals surface area (Å²) in [6.45, 7) is 0. The van der Waals surface area contributed by atoms with Crippen molar-refractivity contribution >= 4 is 21.5 Å². The Hall–Kier alpha value is -2.22. The minimum Gasteiger partial charge on any atom is -0.504 e. The quantitative estimate of drug-likeness (QED) is 0.441. The molecule has 2 heteroatoms. The molecule has 16 heavy (non-hydrogen) atoms. The minimum atomic E-state index is -0.206. The molecule has 0 spiro atoms. The van der Waals surface area contributed by atoms with Crippen LogP contribution >= 0.6 is 0 Å². The van der Waals surface area contributed by atoms with Gasteiger partial charge in [-0.05, 0) is 28.3 Å². The molecule has 0 heterocycles.